The highest BCUT2D eigenvalue weighted by molar-refractivity contribution is 6.43. The quantitative estimate of drug-likeness (QED) is 0.832. The van der Waals surface area contributed by atoms with Gasteiger partial charge in [0.1, 0.15) is 11.4 Å². The Morgan fingerprint density at radius 1 is 1.25 bits per heavy atom. The van der Waals surface area contributed by atoms with Crippen molar-refractivity contribution in [3.05, 3.63) is 46.1 Å². The fraction of sp³-hybridized carbons (Fsp3) is 0.0833. The molecule has 4 heteroatoms. The summed E-state index contributed by atoms with van der Waals surface area (Å²) < 4.78 is 0. The van der Waals surface area contributed by atoms with Crippen molar-refractivity contribution in [3.8, 4) is 17.0 Å². The molecule has 16 heavy (non-hydrogen) atoms. The second-order valence-electron chi connectivity index (χ2n) is 3.48. The Morgan fingerprint density at radius 2 is 2.00 bits per heavy atom. The monoisotopic (exact) mass is 253 g/mol. The van der Waals surface area contributed by atoms with Crippen LogP contribution in [0.15, 0.2) is 30.5 Å². The SMILES string of the molecule is Cc1cnc(-c2cccc(Cl)c2Cl)c(O)c1. The van der Waals surface area contributed by atoms with Crippen LogP contribution in [0.25, 0.3) is 11.3 Å². The highest BCUT2D eigenvalue weighted by Crippen LogP contribution is 2.36. The Labute approximate surface area is 103 Å². The van der Waals surface area contributed by atoms with Gasteiger partial charge in [0.25, 0.3) is 0 Å². The third kappa shape index (κ3) is 1.99. The van der Waals surface area contributed by atoms with Crippen LogP contribution < -0.4 is 0 Å². The number of pyridine rings is 1. The number of rotatable bonds is 1. The van der Waals surface area contributed by atoms with Crippen molar-refractivity contribution in [2.75, 3.05) is 0 Å². The fourth-order valence-electron chi connectivity index (χ4n) is 1.45. The molecule has 0 saturated carbocycles. The number of aromatic hydroxyl groups is 1. The number of aromatic nitrogens is 1. The van der Waals surface area contributed by atoms with Gasteiger partial charge in [0, 0.05) is 11.8 Å². The third-order valence-electron chi connectivity index (χ3n) is 2.21. The number of halogens is 2. The van der Waals surface area contributed by atoms with Crippen molar-refractivity contribution in [2.24, 2.45) is 0 Å². The lowest BCUT2D eigenvalue weighted by Crippen LogP contribution is -1.87. The maximum atomic E-state index is 9.80. The molecule has 0 saturated heterocycles. The van der Waals surface area contributed by atoms with E-state index in [-0.39, 0.29) is 5.75 Å². The lowest BCUT2D eigenvalue weighted by Gasteiger charge is -2.07. The van der Waals surface area contributed by atoms with Crippen LogP contribution in [-0.4, -0.2) is 10.1 Å². The second kappa shape index (κ2) is 4.32. The van der Waals surface area contributed by atoms with E-state index < -0.39 is 0 Å². The molecule has 0 bridgehead atoms. The molecule has 82 valence electrons. The standard InChI is InChI=1S/C12H9Cl2NO/c1-7-5-10(16)12(15-6-7)8-3-2-4-9(13)11(8)14/h2-6,16H,1H3. The minimum absolute atomic E-state index is 0.101. The third-order valence-corrected chi connectivity index (χ3v) is 3.03. The lowest BCUT2D eigenvalue weighted by atomic mass is 10.1. The molecule has 0 fully saturated rings. The van der Waals surface area contributed by atoms with E-state index in [2.05, 4.69) is 4.98 Å². The van der Waals surface area contributed by atoms with Crippen LogP contribution in [-0.2, 0) is 0 Å². The van der Waals surface area contributed by atoms with Crippen molar-refractivity contribution in [1.82, 2.24) is 4.98 Å². The summed E-state index contributed by atoms with van der Waals surface area (Å²) in [5.41, 5.74) is 1.96. The zero-order chi connectivity index (χ0) is 11.7. The molecule has 0 radical (unpaired) electrons. The molecule has 1 N–H and O–H groups in total. The molecule has 0 aliphatic heterocycles. The summed E-state index contributed by atoms with van der Waals surface area (Å²) in [6.07, 6.45) is 1.67. The minimum atomic E-state index is 0.101. The predicted molar refractivity (Wildman–Crippen MR) is 66.1 cm³/mol. The van der Waals surface area contributed by atoms with Crippen LogP contribution in [0.2, 0.25) is 10.0 Å². The molecule has 0 aliphatic rings. The maximum absolute atomic E-state index is 9.80. The highest BCUT2D eigenvalue weighted by atomic mass is 35.5. The van der Waals surface area contributed by atoms with E-state index in [1.54, 1.807) is 30.5 Å². The van der Waals surface area contributed by atoms with Gasteiger partial charge in [-0.2, -0.15) is 0 Å². The average Bonchev–Trinajstić information content (AvgIpc) is 2.23. The molecule has 2 nitrogen and oxygen atoms in total. The van der Waals surface area contributed by atoms with Gasteiger partial charge in [-0.15, -0.1) is 0 Å². The maximum Gasteiger partial charge on any atom is 0.142 e. The molecular formula is C12H9Cl2NO. The molecule has 2 rings (SSSR count). The largest absolute Gasteiger partial charge is 0.506 e. The smallest absolute Gasteiger partial charge is 0.142 e. The summed E-state index contributed by atoms with van der Waals surface area (Å²) in [6.45, 7) is 1.86. The molecule has 1 aromatic heterocycles. The van der Waals surface area contributed by atoms with Gasteiger partial charge in [-0.05, 0) is 24.6 Å². The summed E-state index contributed by atoms with van der Waals surface area (Å²) in [5, 5.41) is 10.6. The number of aryl methyl sites for hydroxylation is 1. The van der Waals surface area contributed by atoms with Crippen LogP contribution in [0.3, 0.4) is 0 Å². The molecule has 1 aromatic carbocycles. The van der Waals surface area contributed by atoms with E-state index in [1.807, 2.05) is 6.92 Å². The van der Waals surface area contributed by atoms with E-state index in [0.717, 1.165) is 5.56 Å². The zero-order valence-corrected chi connectivity index (χ0v) is 10.0. The number of hydrogen-bond acceptors (Lipinski definition) is 2. The van der Waals surface area contributed by atoms with E-state index in [1.165, 1.54) is 0 Å². The Morgan fingerprint density at radius 3 is 2.69 bits per heavy atom. The van der Waals surface area contributed by atoms with Gasteiger partial charge in [0.15, 0.2) is 0 Å². The van der Waals surface area contributed by atoms with E-state index >= 15 is 0 Å². The minimum Gasteiger partial charge on any atom is -0.506 e. The van der Waals surface area contributed by atoms with Crippen LogP contribution in [0, 0.1) is 6.92 Å². The Balaban J connectivity index is 2.63. The summed E-state index contributed by atoms with van der Waals surface area (Å²) in [5.74, 6) is 0.101. The van der Waals surface area contributed by atoms with Crippen LogP contribution in [0.1, 0.15) is 5.56 Å². The van der Waals surface area contributed by atoms with Crippen molar-refractivity contribution >= 4 is 23.2 Å². The first-order valence-electron chi connectivity index (χ1n) is 4.69. The van der Waals surface area contributed by atoms with Gasteiger partial charge < -0.3 is 5.11 Å². The molecule has 0 unspecified atom stereocenters. The van der Waals surface area contributed by atoms with Gasteiger partial charge in [-0.1, -0.05) is 35.3 Å². The fourth-order valence-corrected chi connectivity index (χ4v) is 1.84. The highest BCUT2D eigenvalue weighted by Gasteiger charge is 2.11. The van der Waals surface area contributed by atoms with Crippen LogP contribution in [0.5, 0.6) is 5.75 Å². The van der Waals surface area contributed by atoms with Gasteiger partial charge in [0.2, 0.25) is 0 Å². The summed E-state index contributed by atoms with van der Waals surface area (Å²) in [7, 11) is 0. The summed E-state index contributed by atoms with van der Waals surface area (Å²) in [4.78, 5) is 4.16. The van der Waals surface area contributed by atoms with Gasteiger partial charge >= 0.3 is 0 Å². The van der Waals surface area contributed by atoms with Crippen molar-refractivity contribution in [3.63, 3.8) is 0 Å². The molecule has 0 atom stereocenters. The Kier molecular flexibility index (Phi) is 3.03. The van der Waals surface area contributed by atoms with Gasteiger partial charge in [0.05, 0.1) is 10.0 Å². The lowest BCUT2D eigenvalue weighted by molar-refractivity contribution is 0.474. The Hall–Kier alpha value is -1.25. The number of hydrogen-bond donors (Lipinski definition) is 1. The molecule has 2 aromatic rings. The molecular weight excluding hydrogens is 245 g/mol. The number of benzene rings is 1. The van der Waals surface area contributed by atoms with Crippen LogP contribution >= 0.6 is 23.2 Å². The first-order chi connectivity index (χ1) is 7.59. The first kappa shape index (κ1) is 11.2. The van der Waals surface area contributed by atoms with Crippen LogP contribution in [0.4, 0.5) is 0 Å². The van der Waals surface area contributed by atoms with Gasteiger partial charge in [-0.25, -0.2) is 0 Å². The van der Waals surface area contributed by atoms with E-state index in [0.29, 0.717) is 21.3 Å². The topological polar surface area (TPSA) is 33.1 Å². The first-order valence-corrected chi connectivity index (χ1v) is 5.45. The molecule has 0 amide bonds. The molecule has 0 aliphatic carbocycles. The van der Waals surface area contributed by atoms with Crippen molar-refractivity contribution in [1.29, 1.82) is 0 Å². The van der Waals surface area contributed by atoms with Gasteiger partial charge in [-0.3, -0.25) is 4.98 Å². The normalized spacial score (nSPS) is 10.4. The van der Waals surface area contributed by atoms with E-state index in [4.69, 9.17) is 23.2 Å². The van der Waals surface area contributed by atoms with E-state index in [9.17, 15) is 5.11 Å². The van der Waals surface area contributed by atoms with Crippen molar-refractivity contribution < 1.29 is 5.11 Å². The number of nitrogens with zero attached hydrogens (tertiary/aromatic N) is 1. The summed E-state index contributed by atoms with van der Waals surface area (Å²) >= 11 is 12.0. The summed E-state index contributed by atoms with van der Waals surface area (Å²) in [6, 6.07) is 6.87. The van der Waals surface area contributed by atoms with Crippen molar-refractivity contribution in [2.45, 2.75) is 6.92 Å². The predicted octanol–water partition coefficient (Wildman–Crippen LogP) is 4.07. The molecule has 1 heterocycles. The molecule has 0 spiro atoms. The zero-order valence-electron chi connectivity index (χ0n) is 8.54. The average molecular weight is 254 g/mol. The Bertz CT molecular complexity index is 541. The second-order valence-corrected chi connectivity index (χ2v) is 4.27.